The van der Waals surface area contributed by atoms with Crippen molar-refractivity contribution in [1.82, 2.24) is 4.98 Å². The van der Waals surface area contributed by atoms with Gasteiger partial charge in [-0.1, -0.05) is 25.4 Å². The maximum Gasteiger partial charge on any atom is 0.143 e. The fourth-order valence-corrected chi connectivity index (χ4v) is 1.73. The summed E-state index contributed by atoms with van der Waals surface area (Å²) in [5.74, 6) is 0.426. The van der Waals surface area contributed by atoms with Gasteiger partial charge < -0.3 is 0 Å². The third kappa shape index (κ3) is 1.99. The lowest BCUT2D eigenvalue weighted by Gasteiger charge is -2.09. The van der Waals surface area contributed by atoms with Crippen LogP contribution in [0.3, 0.4) is 0 Å². The van der Waals surface area contributed by atoms with Crippen LogP contribution < -0.4 is 0 Å². The van der Waals surface area contributed by atoms with E-state index in [2.05, 4.69) is 34.8 Å². The van der Waals surface area contributed by atoms with Crippen molar-refractivity contribution >= 4 is 27.5 Å². The van der Waals surface area contributed by atoms with Gasteiger partial charge in [-0.05, 0) is 40.4 Å². The van der Waals surface area contributed by atoms with Crippen molar-refractivity contribution in [3.63, 3.8) is 0 Å². The molecule has 0 atom stereocenters. The molecule has 1 aromatic heterocycles. The molecule has 0 spiro atoms. The predicted molar refractivity (Wildman–Crippen MR) is 55.8 cm³/mol. The number of nitrogens with zero attached hydrogens (tertiary/aromatic N) is 1. The third-order valence-corrected chi connectivity index (χ3v) is 2.83. The van der Waals surface area contributed by atoms with Gasteiger partial charge in [-0.15, -0.1) is 0 Å². The molecule has 0 aliphatic carbocycles. The van der Waals surface area contributed by atoms with Crippen LogP contribution in [0.2, 0.25) is 5.15 Å². The van der Waals surface area contributed by atoms with Gasteiger partial charge in [-0.3, -0.25) is 0 Å². The second-order valence-corrected chi connectivity index (χ2v) is 4.33. The Morgan fingerprint density at radius 3 is 2.58 bits per heavy atom. The third-order valence-electron chi connectivity index (χ3n) is 1.71. The molecule has 12 heavy (non-hydrogen) atoms. The molecular formula is C9H11BrClN. The first-order chi connectivity index (χ1) is 5.52. The van der Waals surface area contributed by atoms with Crippen LogP contribution in [-0.2, 0) is 0 Å². The summed E-state index contributed by atoms with van der Waals surface area (Å²) in [4.78, 5) is 4.29. The fourth-order valence-electron chi connectivity index (χ4n) is 1.16. The largest absolute Gasteiger partial charge is 0.239 e. The zero-order valence-corrected chi connectivity index (χ0v) is 9.70. The number of pyridine rings is 1. The van der Waals surface area contributed by atoms with Crippen LogP contribution in [0.15, 0.2) is 10.5 Å². The van der Waals surface area contributed by atoms with E-state index in [-0.39, 0.29) is 0 Å². The van der Waals surface area contributed by atoms with Crippen LogP contribution in [0, 0.1) is 6.92 Å². The lowest BCUT2D eigenvalue weighted by molar-refractivity contribution is 0.810. The smallest absolute Gasteiger partial charge is 0.143 e. The summed E-state index contributed by atoms with van der Waals surface area (Å²) < 4.78 is 0.867. The van der Waals surface area contributed by atoms with Gasteiger partial charge in [0.05, 0.1) is 4.47 Å². The molecule has 0 aliphatic heterocycles. The summed E-state index contributed by atoms with van der Waals surface area (Å²) in [6, 6.07) is 2.00. The maximum absolute atomic E-state index is 5.87. The number of hydrogen-bond acceptors (Lipinski definition) is 1. The predicted octanol–water partition coefficient (Wildman–Crippen LogP) is 3.93. The van der Waals surface area contributed by atoms with Crippen LogP contribution in [0.5, 0.6) is 0 Å². The molecule has 3 heteroatoms. The van der Waals surface area contributed by atoms with E-state index >= 15 is 0 Å². The van der Waals surface area contributed by atoms with E-state index < -0.39 is 0 Å². The molecule has 1 rings (SSSR count). The Balaban J connectivity index is 3.23. The molecule has 0 fully saturated rings. The lowest BCUT2D eigenvalue weighted by Crippen LogP contribution is -1.97. The first-order valence-corrected chi connectivity index (χ1v) is 5.02. The van der Waals surface area contributed by atoms with Crippen molar-refractivity contribution in [3.05, 3.63) is 26.9 Å². The van der Waals surface area contributed by atoms with Crippen molar-refractivity contribution in [2.75, 3.05) is 0 Å². The summed E-state index contributed by atoms with van der Waals surface area (Å²) in [5, 5.41) is 0.546. The van der Waals surface area contributed by atoms with Gasteiger partial charge in [0.1, 0.15) is 5.15 Å². The van der Waals surface area contributed by atoms with E-state index in [1.807, 2.05) is 13.0 Å². The van der Waals surface area contributed by atoms with Crippen LogP contribution in [0.25, 0.3) is 0 Å². The number of hydrogen-bond donors (Lipinski definition) is 0. The molecule has 0 N–H and O–H groups in total. The molecule has 1 aromatic rings. The van der Waals surface area contributed by atoms with Crippen molar-refractivity contribution in [2.24, 2.45) is 0 Å². The van der Waals surface area contributed by atoms with Gasteiger partial charge in [0, 0.05) is 5.69 Å². The summed E-state index contributed by atoms with van der Waals surface area (Å²) in [6.07, 6.45) is 0. The molecule has 0 saturated heterocycles. The molecule has 0 aromatic carbocycles. The molecular weight excluding hydrogens is 237 g/mol. The van der Waals surface area contributed by atoms with Crippen molar-refractivity contribution in [3.8, 4) is 0 Å². The second-order valence-electron chi connectivity index (χ2n) is 3.12. The van der Waals surface area contributed by atoms with Gasteiger partial charge in [0.25, 0.3) is 0 Å². The molecule has 1 heterocycles. The molecule has 66 valence electrons. The fraction of sp³-hybridized carbons (Fsp3) is 0.444. The quantitative estimate of drug-likeness (QED) is 0.686. The Labute approximate surface area is 86.3 Å². The molecule has 0 unspecified atom stereocenters. The Hall–Kier alpha value is -0.0800. The first kappa shape index (κ1) is 10.0. The van der Waals surface area contributed by atoms with E-state index in [1.54, 1.807) is 0 Å². The highest BCUT2D eigenvalue weighted by Crippen LogP contribution is 2.26. The minimum Gasteiger partial charge on any atom is -0.239 e. The maximum atomic E-state index is 5.87. The Bertz CT molecular complexity index is 297. The van der Waals surface area contributed by atoms with Crippen molar-refractivity contribution in [2.45, 2.75) is 26.7 Å². The molecule has 0 radical (unpaired) electrons. The van der Waals surface area contributed by atoms with Crippen LogP contribution in [0.1, 0.15) is 31.0 Å². The van der Waals surface area contributed by atoms with E-state index in [0.29, 0.717) is 11.1 Å². The van der Waals surface area contributed by atoms with E-state index in [1.165, 1.54) is 5.56 Å². The zero-order chi connectivity index (χ0) is 9.30. The molecule has 0 bridgehead atoms. The normalized spacial score (nSPS) is 10.8. The number of halogens is 2. The Kier molecular flexibility index (Phi) is 3.13. The Morgan fingerprint density at radius 2 is 2.08 bits per heavy atom. The van der Waals surface area contributed by atoms with E-state index in [0.717, 1.165) is 10.2 Å². The second kappa shape index (κ2) is 3.75. The highest BCUT2D eigenvalue weighted by Gasteiger charge is 2.08. The van der Waals surface area contributed by atoms with E-state index in [4.69, 9.17) is 11.6 Å². The van der Waals surface area contributed by atoms with Crippen molar-refractivity contribution < 1.29 is 0 Å². The standard InChI is InChI=1S/C9H11BrClN/c1-5(2)8-6(3)4-7(10)9(11)12-8/h4-5H,1-3H3. The van der Waals surface area contributed by atoms with Gasteiger partial charge >= 0.3 is 0 Å². The zero-order valence-electron chi connectivity index (χ0n) is 7.36. The van der Waals surface area contributed by atoms with Gasteiger partial charge in [-0.25, -0.2) is 4.98 Å². The molecule has 1 nitrogen and oxygen atoms in total. The van der Waals surface area contributed by atoms with Crippen LogP contribution >= 0.6 is 27.5 Å². The topological polar surface area (TPSA) is 12.9 Å². The number of aryl methyl sites for hydroxylation is 1. The van der Waals surface area contributed by atoms with E-state index in [9.17, 15) is 0 Å². The summed E-state index contributed by atoms with van der Waals surface area (Å²) in [5.41, 5.74) is 2.25. The first-order valence-electron chi connectivity index (χ1n) is 3.85. The Morgan fingerprint density at radius 1 is 1.50 bits per heavy atom. The number of aromatic nitrogens is 1. The molecule has 0 amide bonds. The average Bonchev–Trinajstić information content (AvgIpc) is 1.96. The highest BCUT2D eigenvalue weighted by molar-refractivity contribution is 9.10. The summed E-state index contributed by atoms with van der Waals surface area (Å²) >= 11 is 9.21. The van der Waals surface area contributed by atoms with Gasteiger partial charge in [-0.2, -0.15) is 0 Å². The lowest BCUT2D eigenvalue weighted by atomic mass is 10.1. The van der Waals surface area contributed by atoms with Gasteiger partial charge in [0.2, 0.25) is 0 Å². The van der Waals surface area contributed by atoms with Crippen LogP contribution in [0.4, 0.5) is 0 Å². The van der Waals surface area contributed by atoms with Gasteiger partial charge in [0.15, 0.2) is 0 Å². The summed E-state index contributed by atoms with van der Waals surface area (Å²) in [6.45, 7) is 6.27. The minimum atomic E-state index is 0.426. The van der Waals surface area contributed by atoms with Crippen molar-refractivity contribution in [1.29, 1.82) is 0 Å². The van der Waals surface area contributed by atoms with Crippen LogP contribution in [-0.4, -0.2) is 4.98 Å². The molecule has 0 saturated carbocycles. The SMILES string of the molecule is Cc1cc(Br)c(Cl)nc1C(C)C. The average molecular weight is 249 g/mol. The summed E-state index contributed by atoms with van der Waals surface area (Å²) in [7, 11) is 0. The minimum absolute atomic E-state index is 0.426. The molecule has 0 aliphatic rings. The monoisotopic (exact) mass is 247 g/mol. The number of rotatable bonds is 1. The highest BCUT2D eigenvalue weighted by atomic mass is 79.9.